The summed E-state index contributed by atoms with van der Waals surface area (Å²) in [6.07, 6.45) is 2.04. The molecule has 4 heteroatoms. The highest BCUT2D eigenvalue weighted by atomic mass is 19.1. The maximum absolute atomic E-state index is 13.0. The number of esters is 1. The Morgan fingerprint density at radius 2 is 1.91 bits per heavy atom. The SMILES string of the molecule is COC(=O)c1ccc2c(C)cn(Cc3ccc(F)cc3)c2c1. The van der Waals surface area contributed by atoms with Crippen molar-refractivity contribution < 1.29 is 13.9 Å². The standard InChI is InChI=1S/C18H16FNO2/c1-12-10-20(11-13-3-6-15(19)7-4-13)17-9-14(18(21)22-2)5-8-16(12)17/h3-10H,11H2,1-2H3. The van der Waals surface area contributed by atoms with Gasteiger partial charge in [-0.1, -0.05) is 18.2 Å². The molecule has 0 unspecified atom stereocenters. The van der Waals surface area contributed by atoms with Gasteiger partial charge in [-0.2, -0.15) is 0 Å². The summed E-state index contributed by atoms with van der Waals surface area (Å²) in [7, 11) is 1.37. The van der Waals surface area contributed by atoms with Crippen molar-refractivity contribution >= 4 is 16.9 Å². The van der Waals surface area contributed by atoms with E-state index in [2.05, 4.69) is 4.57 Å². The van der Waals surface area contributed by atoms with Crippen LogP contribution in [-0.4, -0.2) is 17.6 Å². The predicted octanol–water partition coefficient (Wildman–Crippen LogP) is 3.92. The molecule has 0 saturated heterocycles. The zero-order valence-corrected chi connectivity index (χ0v) is 12.5. The fourth-order valence-corrected chi connectivity index (χ4v) is 2.64. The third kappa shape index (κ3) is 2.60. The van der Waals surface area contributed by atoms with Gasteiger partial charge in [-0.3, -0.25) is 0 Å². The molecule has 0 aliphatic heterocycles. The Hall–Kier alpha value is -2.62. The molecule has 22 heavy (non-hydrogen) atoms. The molecule has 3 rings (SSSR count). The van der Waals surface area contributed by atoms with Crippen LogP contribution in [0.5, 0.6) is 0 Å². The largest absolute Gasteiger partial charge is 0.465 e. The maximum Gasteiger partial charge on any atom is 0.337 e. The van der Waals surface area contributed by atoms with E-state index in [9.17, 15) is 9.18 Å². The number of aryl methyl sites for hydroxylation is 1. The molecule has 0 spiro atoms. The maximum atomic E-state index is 13.0. The van der Waals surface area contributed by atoms with E-state index in [-0.39, 0.29) is 11.8 Å². The first-order valence-corrected chi connectivity index (χ1v) is 7.01. The molecule has 2 aromatic carbocycles. The monoisotopic (exact) mass is 297 g/mol. The lowest BCUT2D eigenvalue weighted by Crippen LogP contribution is -2.02. The Kier molecular flexibility index (Phi) is 3.67. The summed E-state index contributed by atoms with van der Waals surface area (Å²) >= 11 is 0. The Morgan fingerprint density at radius 1 is 1.18 bits per heavy atom. The number of hydrogen-bond acceptors (Lipinski definition) is 2. The van der Waals surface area contributed by atoms with Crippen molar-refractivity contribution in [3.63, 3.8) is 0 Å². The van der Waals surface area contributed by atoms with E-state index in [1.807, 2.05) is 25.3 Å². The number of carbonyl (C=O) groups is 1. The van der Waals surface area contributed by atoms with Crippen LogP contribution in [0.3, 0.4) is 0 Å². The minimum Gasteiger partial charge on any atom is -0.465 e. The van der Waals surface area contributed by atoms with Crippen LogP contribution in [-0.2, 0) is 11.3 Å². The molecule has 0 atom stereocenters. The number of fused-ring (bicyclic) bond motifs is 1. The van der Waals surface area contributed by atoms with Gasteiger partial charge in [-0.15, -0.1) is 0 Å². The first kappa shape index (κ1) is 14.3. The molecular formula is C18H16FNO2. The van der Waals surface area contributed by atoms with Gasteiger partial charge >= 0.3 is 5.97 Å². The Labute approximate surface area is 127 Å². The van der Waals surface area contributed by atoms with Gasteiger partial charge in [0.25, 0.3) is 0 Å². The molecule has 0 amide bonds. The van der Waals surface area contributed by atoms with Crippen molar-refractivity contribution in [1.82, 2.24) is 4.57 Å². The molecule has 0 radical (unpaired) electrons. The molecule has 0 aliphatic rings. The Morgan fingerprint density at radius 3 is 2.59 bits per heavy atom. The van der Waals surface area contributed by atoms with Crippen LogP contribution in [0.15, 0.2) is 48.7 Å². The number of carbonyl (C=O) groups excluding carboxylic acids is 1. The molecule has 0 saturated carbocycles. The van der Waals surface area contributed by atoms with Gasteiger partial charge in [0.15, 0.2) is 0 Å². The number of hydrogen-bond donors (Lipinski definition) is 0. The second-order valence-electron chi connectivity index (χ2n) is 5.29. The zero-order valence-electron chi connectivity index (χ0n) is 12.5. The number of methoxy groups -OCH3 is 1. The zero-order chi connectivity index (χ0) is 15.7. The minimum absolute atomic E-state index is 0.245. The quantitative estimate of drug-likeness (QED) is 0.686. The summed E-state index contributed by atoms with van der Waals surface area (Å²) in [6.45, 7) is 2.65. The third-order valence-electron chi connectivity index (χ3n) is 3.77. The van der Waals surface area contributed by atoms with E-state index in [1.54, 1.807) is 18.2 Å². The van der Waals surface area contributed by atoms with Crippen molar-refractivity contribution in [2.75, 3.05) is 7.11 Å². The highest BCUT2D eigenvalue weighted by Gasteiger charge is 2.11. The first-order valence-electron chi connectivity index (χ1n) is 7.01. The average Bonchev–Trinajstić information content (AvgIpc) is 2.84. The van der Waals surface area contributed by atoms with Crippen LogP contribution >= 0.6 is 0 Å². The van der Waals surface area contributed by atoms with E-state index < -0.39 is 0 Å². The number of aromatic nitrogens is 1. The van der Waals surface area contributed by atoms with Crippen molar-refractivity contribution in [3.05, 3.63) is 71.2 Å². The summed E-state index contributed by atoms with van der Waals surface area (Å²) in [5.41, 5.74) is 3.62. The highest BCUT2D eigenvalue weighted by Crippen LogP contribution is 2.23. The first-order chi connectivity index (χ1) is 10.6. The smallest absolute Gasteiger partial charge is 0.337 e. The molecule has 0 aliphatic carbocycles. The number of rotatable bonds is 3. The molecule has 0 N–H and O–H groups in total. The predicted molar refractivity (Wildman–Crippen MR) is 83.5 cm³/mol. The summed E-state index contributed by atoms with van der Waals surface area (Å²) < 4.78 is 19.8. The molecule has 0 fully saturated rings. The number of ether oxygens (including phenoxy) is 1. The molecule has 1 aromatic heterocycles. The van der Waals surface area contributed by atoms with Crippen LogP contribution in [0.2, 0.25) is 0 Å². The summed E-state index contributed by atoms with van der Waals surface area (Å²) in [5, 5.41) is 1.09. The van der Waals surface area contributed by atoms with Crippen LogP contribution in [0.4, 0.5) is 4.39 Å². The van der Waals surface area contributed by atoms with Gasteiger partial charge in [-0.05, 0) is 42.3 Å². The Balaban J connectivity index is 2.04. The molecule has 3 nitrogen and oxygen atoms in total. The molecular weight excluding hydrogens is 281 g/mol. The lowest BCUT2D eigenvalue weighted by atomic mass is 10.1. The van der Waals surface area contributed by atoms with E-state index in [4.69, 9.17) is 4.74 Å². The van der Waals surface area contributed by atoms with Gasteiger partial charge in [0, 0.05) is 23.6 Å². The van der Waals surface area contributed by atoms with Crippen LogP contribution in [0.25, 0.3) is 10.9 Å². The summed E-state index contributed by atoms with van der Waals surface area (Å²) in [5.74, 6) is -0.598. The number of halogens is 1. The van der Waals surface area contributed by atoms with E-state index in [0.717, 1.165) is 22.0 Å². The van der Waals surface area contributed by atoms with E-state index in [1.165, 1.54) is 19.2 Å². The van der Waals surface area contributed by atoms with E-state index >= 15 is 0 Å². The van der Waals surface area contributed by atoms with Crippen molar-refractivity contribution in [2.24, 2.45) is 0 Å². The van der Waals surface area contributed by atoms with Gasteiger partial charge in [-0.25, -0.2) is 9.18 Å². The molecule has 0 bridgehead atoms. The lowest BCUT2D eigenvalue weighted by Gasteiger charge is -2.07. The second-order valence-corrected chi connectivity index (χ2v) is 5.29. The topological polar surface area (TPSA) is 31.2 Å². The van der Waals surface area contributed by atoms with Gasteiger partial charge < -0.3 is 9.30 Å². The number of benzene rings is 2. The fraction of sp³-hybridized carbons (Fsp3) is 0.167. The summed E-state index contributed by atoms with van der Waals surface area (Å²) in [4.78, 5) is 11.7. The van der Waals surface area contributed by atoms with Crippen molar-refractivity contribution in [3.8, 4) is 0 Å². The fourth-order valence-electron chi connectivity index (χ4n) is 2.64. The second kappa shape index (κ2) is 5.64. The van der Waals surface area contributed by atoms with Gasteiger partial charge in [0.2, 0.25) is 0 Å². The molecule has 3 aromatic rings. The highest BCUT2D eigenvalue weighted by molar-refractivity contribution is 5.95. The lowest BCUT2D eigenvalue weighted by molar-refractivity contribution is 0.0601. The molecule has 112 valence electrons. The van der Waals surface area contributed by atoms with Crippen LogP contribution in [0, 0.1) is 12.7 Å². The summed E-state index contributed by atoms with van der Waals surface area (Å²) in [6, 6.07) is 12.0. The van der Waals surface area contributed by atoms with Crippen molar-refractivity contribution in [2.45, 2.75) is 13.5 Å². The minimum atomic E-state index is -0.353. The normalized spacial score (nSPS) is 10.9. The Bertz CT molecular complexity index is 834. The van der Waals surface area contributed by atoms with Crippen molar-refractivity contribution in [1.29, 1.82) is 0 Å². The van der Waals surface area contributed by atoms with Crippen LogP contribution in [0.1, 0.15) is 21.5 Å². The number of nitrogens with zero attached hydrogens (tertiary/aromatic N) is 1. The van der Waals surface area contributed by atoms with Crippen LogP contribution < -0.4 is 0 Å². The third-order valence-corrected chi connectivity index (χ3v) is 3.77. The van der Waals surface area contributed by atoms with Gasteiger partial charge in [0.05, 0.1) is 12.7 Å². The average molecular weight is 297 g/mol. The molecule has 1 heterocycles. The van der Waals surface area contributed by atoms with E-state index in [0.29, 0.717) is 12.1 Å². The van der Waals surface area contributed by atoms with Gasteiger partial charge in [0.1, 0.15) is 5.82 Å².